The van der Waals surface area contributed by atoms with Crippen LogP contribution in [-0.4, -0.2) is 19.9 Å². The topological polar surface area (TPSA) is 18.5 Å². The molecule has 0 heterocycles. The molecule has 0 saturated carbocycles. The summed E-state index contributed by atoms with van der Waals surface area (Å²) in [5, 5.41) is 0. The molecular formula is C19H19F3O2. The fourth-order valence-corrected chi connectivity index (χ4v) is 2.22. The molecule has 0 bridgehead atoms. The number of rotatable bonds is 7. The summed E-state index contributed by atoms with van der Waals surface area (Å²) >= 11 is 0. The first kappa shape index (κ1) is 18.1. The molecule has 0 radical (unpaired) electrons. The average Bonchev–Trinajstić information content (AvgIpc) is 2.58. The fourth-order valence-electron chi connectivity index (χ4n) is 2.22. The minimum atomic E-state index is -4.41. The number of allylic oxidation sites excluding steroid dienone is 1. The number of benzene rings is 2. The first-order chi connectivity index (χ1) is 11.5. The molecule has 0 amide bonds. The predicted molar refractivity (Wildman–Crippen MR) is 87.7 cm³/mol. The van der Waals surface area contributed by atoms with Crippen LogP contribution in [0.15, 0.2) is 60.7 Å². The zero-order chi connectivity index (χ0) is 17.4. The standard InChI is InChI=1S/C19H19F3O2/c1-23-17-11-9-16(10-12-17)18(19(20,21)22)8-5-13-24-14-15-6-3-2-4-7-15/h2-4,6-12H,5,13-14H2,1H3. The van der Waals surface area contributed by atoms with Crippen molar-refractivity contribution < 1.29 is 22.6 Å². The van der Waals surface area contributed by atoms with Crippen LogP contribution in [0.25, 0.3) is 5.57 Å². The third kappa shape index (κ3) is 5.42. The monoisotopic (exact) mass is 336 g/mol. The molecule has 24 heavy (non-hydrogen) atoms. The molecule has 128 valence electrons. The summed E-state index contributed by atoms with van der Waals surface area (Å²) in [7, 11) is 1.47. The Bertz CT molecular complexity index is 647. The van der Waals surface area contributed by atoms with Crippen molar-refractivity contribution in [3.63, 3.8) is 0 Å². The molecule has 0 atom stereocenters. The lowest BCUT2D eigenvalue weighted by Gasteiger charge is -2.13. The fraction of sp³-hybridized carbons (Fsp3) is 0.263. The summed E-state index contributed by atoms with van der Waals surface area (Å²) in [6, 6.07) is 15.3. The van der Waals surface area contributed by atoms with Crippen LogP contribution in [0.4, 0.5) is 13.2 Å². The second-order valence-electron chi connectivity index (χ2n) is 5.17. The minimum absolute atomic E-state index is 0.117. The molecule has 0 N–H and O–H groups in total. The number of ether oxygens (including phenoxy) is 2. The smallest absolute Gasteiger partial charge is 0.416 e. The molecule has 0 saturated heterocycles. The van der Waals surface area contributed by atoms with Crippen LogP contribution >= 0.6 is 0 Å². The molecule has 0 aromatic heterocycles. The number of hydrogen-bond acceptors (Lipinski definition) is 2. The van der Waals surface area contributed by atoms with Crippen molar-refractivity contribution in [1.29, 1.82) is 0 Å². The first-order valence-electron chi connectivity index (χ1n) is 7.54. The van der Waals surface area contributed by atoms with Gasteiger partial charge in [0.1, 0.15) is 5.75 Å². The van der Waals surface area contributed by atoms with Crippen LogP contribution in [0.2, 0.25) is 0 Å². The van der Waals surface area contributed by atoms with Crippen LogP contribution in [-0.2, 0) is 11.3 Å². The molecule has 5 heteroatoms. The largest absolute Gasteiger partial charge is 0.497 e. The molecule has 2 nitrogen and oxygen atoms in total. The van der Waals surface area contributed by atoms with Crippen molar-refractivity contribution in [2.75, 3.05) is 13.7 Å². The van der Waals surface area contributed by atoms with Gasteiger partial charge in [0, 0.05) is 0 Å². The Kier molecular flexibility index (Phi) is 6.44. The van der Waals surface area contributed by atoms with Gasteiger partial charge < -0.3 is 9.47 Å². The normalized spacial score (nSPS) is 12.2. The van der Waals surface area contributed by atoms with Gasteiger partial charge in [-0.1, -0.05) is 48.5 Å². The van der Waals surface area contributed by atoms with E-state index in [0.717, 1.165) is 5.56 Å². The van der Waals surface area contributed by atoms with Gasteiger partial charge in [0.15, 0.2) is 0 Å². The highest BCUT2D eigenvalue weighted by molar-refractivity contribution is 5.70. The molecule has 2 aromatic carbocycles. The maximum Gasteiger partial charge on any atom is 0.416 e. The summed E-state index contributed by atoms with van der Waals surface area (Å²) in [4.78, 5) is 0. The Morgan fingerprint density at radius 1 is 1.00 bits per heavy atom. The molecule has 0 fully saturated rings. The zero-order valence-corrected chi connectivity index (χ0v) is 13.3. The average molecular weight is 336 g/mol. The number of alkyl halides is 3. The molecule has 2 aromatic rings. The van der Waals surface area contributed by atoms with E-state index in [9.17, 15) is 13.2 Å². The van der Waals surface area contributed by atoms with Gasteiger partial charge in [0.05, 0.1) is 25.9 Å². The van der Waals surface area contributed by atoms with E-state index in [2.05, 4.69) is 0 Å². The van der Waals surface area contributed by atoms with Gasteiger partial charge in [0.2, 0.25) is 0 Å². The highest BCUT2D eigenvalue weighted by Crippen LogP contribution is 2.34. The Morgan fingerprint density at radius 3 is 2.25 bits per heavy atom. The molecular weight excluding hydrogens is 317 g/mol. The lowest BCUT2D eigenvalue weighted by Crippen LogP contribution is -2.11. The van der Waals surface area contributed by atoms with Crippen molar-refractivity contribution in [2.45, 2.75) is 19.2 Å². The van der Waals surface area contributed by atoms with Gasteiger partial charge in [-0.3, -0.25) is 0 Å². The van der Waals surface area contributed by atoms with E-state index in [1.807, 2.05) is 30.3 Å². The SMILES string of the molecule is COc1ccc(C(=CCCOCc2ccccc2)C(F)(F)F)cc1. The van der Waals surface area contributed by atoms with Gasteiger partial charge in [-0.05, 0) is 29.7 Å². The summed E-state index contributed by atoms with van der Waals surface area (Å²) in [6.45, 7) is 0.614. The lowest BCUT2D eigenvalue weighted by atomic mass is 10.0. The van der Waals surface area contributed by atoms with Crippen molar-refractivity contribution in [3.8, 4) is 5.75 Å². The van der Waals surface area contributed by atoms with E-state index >= 15 is 0 Å². The van der Waals surface area contributed by atoms with Crippen molar-refractivity contribution >= 4 is 5.57 Å². The number of hydrogen-bond donors (Lipinski definition) is 0. The van der Waals surface area contributed by atoms with Gasteiger partial charge in [-0.15, -0.1) is 0 Å². The van der Waals surface area contributed by atoms with Crippen LogP contribution in [0, 0.1) is 0 Å². The molecule has 0 aliphatic rings. The predicted octanol–water partition coefficient (Wildman–Crippen LogP) is 5.25. The van der Waals surface area contributed by atoms with E-state index in [0.29, 0.717) is 12.4 Å². The first-order valence-corrected chi connectivity index (χ1v) is 7.54. The highest BCUT2D eigenvalue weighted by Gasteiger charge is 2.34. The van der Waals surface area contributed by atoms with Gasteiger partial charge >= 0.3 is 6.18 Å². The van der Waals surface area contributed by atoms with Gasteiger partial charge in [-0.2, -0.15) is 13.2 Å². The summed E-state index contributed by atoms with van der Waals surface area (Å²) < 4.78 is 50.1. The Morgan fingerprint density at radius 2 is 1.67 bits per heavy atom. The molecule has 0 spiro atoms. The Balaban J connectivity index is 1.96. The van der Waals surface area contributed by atoms with Gasteiger partial charge in [0.25, 0.3) is 0 Å². The van der Waals surface area contributed by atoms with Crippen LogP contribution in [0.3, 0.4) is 0 Å². The van der Waals surface area contributed by atoms with E-state index in [4.69, 9.17) is 9.47 Å². The zero-order valence-electron chi connectivity index (χ0n) is 13.3. The van der Waals surface area contributed by atoms with E-state index in [-0.39, 0.29) is 18.6 Å². The second kappa shape index (κ2) is 8.55. The molecule has 2 rings (SSSR count). The summed E-state index contributed by atoms with van der Waals surface area (Å²) in [5.41, 5.74) is 0.451. The van der Waals surface area contributed by atoms with E-state index < -0.39 is 11.7 Å². The maximum atomic E-state index is 13.2. The van der Waals surface area contributed by atoms with E-state index in [1.54, 1.807) is 0 Å². The lowest BCUT2D eigenvalue weighted by molar-refractivity contribution is -0.0691. The quantitative estimate of drug-likeness (QED) is 0.643. The Hall–Kier alpha value is -2.27. The third-order valence-electron chi connectivity index (χ3n) is 3.43. The van der Waals surface area contributed by atoms with Crippen LogP contribution in [0.5, 0.6) is 5.75 Å². The summed E-state index contributed by atoms with van der Waals surface area (Å²) in [5.74, 6) is 0.520. The van der Waals surface area contributed by atoms with Crippen LogP contribution < -0.4 is 4.74 Å². The third-order valence-corrected chi connectivity index (χ3v) is 3.43. The highest BCUT2D eigenvalue weighted by atomic mass is 19.4. The summed E-state index contributed by atoms with van der Waals surface area (Å²) in [6.07, 6.45) is -3.05. The second-order valence-corrected chi connectivity index (χ2v) is 5.17. The van der Waals surface area contributed by atoms with E-state index in [1.165, 1.54) is 37.5 Å². The molecule has 0 aliphatic heterocycles. The minimum Gasteiger partial charge on any atom is -0.497 e. The number of methoxy groups -OCH3 is 1. The van der Waals surface area contributed by atoms with Crippen molar-refractivity contribution in [2.24, 2.45) is 0 Å². The maximum absolute atomic E-state index is 13.2. The molecule has 0 unspecified atom stereocenters. The number of halogens is 3. The van der Waals surface area contributed by atoms with Gasteiger partial charge in [-0.25, -0.2) is 0 Å². The van der Waals surface area contributed by atoms with Crippen LogP contribution in [0.1, 0.15) is 17.5 Å². The van der Waals surface area contributed by atoms with Crippen molar-refractivity contribution in [1.82, 2.24) is 0 Å². The molecule has 0 aliphatic carbocycles. The van der Waals surface area contributed by atoms with Crippen molar-refractivity contribution in [3.05, 3.63) is 71.8 Å². The Labute approximate surface area is 139 Å².